The summed E-state index contributed by atoms with van der Waals surface area (Å²) in [6, 6.07) is 0. The highest BCUT2D eigenvalue weighted by Crippen LogP contribution is 2.15. The number of rotatable bonds is 4. The van der Waals surface area contributed by atoms with Gasteiger partial charge in [-0.2, -0.15) is 0 Å². The second-order valence-electron chi connectivity index (χ2n) is 3.93. The van der Waals surface area contributed by atoms with Crippen LogP contribution in [-0.4, -0.2) is 38.5 Å². The van der Waals surface area contributed by atoms with Gasteiger partial charge >= 0.3 is 0 Å². The van der Waals surface area contributed by atoms with Crippen LogP contribution in [0.4, 0.5) is 0 Å². The Morgan fingerprint density at radius 1 is 1.31 bits per heavy atom. The van der Waals surface area contributed by atoms with Crippen molar-refractivity contribution in [1.82, 2.24) is 5.32 Å². The summed E-state index contributed by atoms with van der Waals surface area (Å²) < 4.78 is 11.3. The summed E-state index contributed by atoms with van der Waals surface area (Å²) in [6.07, 6.45) is 5.83. The second-order valence-corrected chi connectivity index (χ2v) is 3.93. The van der Waals surface area contributed by atoms with E-state index in [0.29, 0.717) is 12.2 Å². The highest BCUT2D eigenvalue weighted by molar-refractivity contribution is 4.75. The van der Waals surface area contributed by atoms with Gasteiger partial charge in [0.2, 0.25) is 0 Å². The van der Waals surface area contributed by atoms with E-state index in [1.165, 1.54) is 19.3 Å². The van der Waals surface area contributed by atoms with E-state index in [9.17, 15) is 0 Å². The molecule has 2 saturated heterocycles. The van der Waals surface area contributed by atoms with Gasteiger partial charge in [-0.3, -0.25) is 0 Å². The Hall–Kier alpha value is -0.120. The molecular weight excluding hydrogens is 166 g/mol. The van der Waals surface area contributed by atoms with Gasteiger partial charge in [0.15, 0.2) is 0 Å². The highest BCUT2D eigenvalue weighted by Gasteiger charge is 2.18. The molecule has 1 N–H and O–H groups in total. The van der Waals surface area contributed by atoms with Crippen molar-refractivity contribution < 1.29 is 9.47 Å². The molecule has 0 spiro atoms. The normalized spacial score (nSPS) is 30.0. The molecule has 2 heterocycles. The van der Waals surface area contributed by atoms with Crippen LogP contribution in [0.25, 0.3) is 0 Å². The van der Waals surface area contributed by atoms with Crippen LogP contribution in [0.2, 0.25) is 0 Å². The first-order valence-corrected chi connectivity index (χ1v) is 5.39. The lowest BCUT2D eigenvalue weighted by molar-refractivity contribution is -0.0322. The van der Waals surface area contributed by atoms with Crippen LogP contribution < -0.4 is 5.32 Å². The summed E-state index contributed by atoms with van der Waals surface area (Å²) in [7, 11) is 0. The fourth-order valence-corrected chi connectivity index (χ4v) is 1.78. The third kappa shape index (κ3) is 2.93. The lowest BCUT2D eigenvalue weighted by atomic mass is 10.1. The molecule has 0 aromatic heterocycles. The van der Waals surface area contributed by atoms with Gasteiger partial charge in [0.1, 0.15) is 0 Å². The minimum atomic E-state index is 0.474. The number of hydrogen-bond donors (Lipinski definition) is 1. The predicted molar refractivity (Wildman–Crippen MR) is 50.8 cm³/mol. The second kappa shape index (κ2) is 4.94. The van der Waals surface area contributed by atoms with E-state index < -0.39 is 0 Å². The zero-order chi connectivity index (χ0) is 8.93. The first kappa shape index (κ1) is 9.44. The Kier molecular flexibility index (Phi) is 3.58. The molecule has 3 nitrogen and oxygen atoms in total. The average molecular weight is 185 g/mol. The first-order valence-electron chi connectivity index (χ1n) is 5.39. The molecule has 1 unspecified atom stereocenters. The summed E-state index contributed by atoms with van der Waals surface area (Å²) in [5.74, 6) is 0. The van der Waals surface area contributed by atoms with Crippen molar-refractivity contribution in [2.24, 2.45) is 0 Å². The van der Waals surface area contributed by atoms with Gasteiger partial charge in [-0.15, -0.1) is 0 Å². The maximum atomic E-state index is 5.64. The van der Waals surface area contributed by atoms with E-state index in [0.717, 1.165) is 32.7 Å². The first-order chi connectivity index (χ1) is 6.45. The molecule has 0 radical (unpaired) electrons. The topological polar surface area (TPSA) is 30.5 Å². The molecule has 0 saturated carbocycles. The van der Waals surface area contributed by atoms with Gasteiger partial charge in [-0.25, -0.2) is 0 Å². The molecule has 13 heavy (non-hydrogen) atoms. The lowest BCUT2D eigenvalue weighted by Crippen LogP contribution is -2.48. The maximum absolute atomic E-state index is 5.64. The molecule has 0 aromatic rings. The smallest absolute Gasteiger partial charge is 0.0823 e. The molecule has 3 heteroatoms. The van der Waals surface area contributed by atoms with Crippen LogP contribution in [0, 0.1) is 0 Å². The molecule has 2 aliphatic heterocycles. The van der Waals surface area contributed by atoms with E-state index in [-0.39, 0.29) is 0 Å². The number of hydrogen-bond acceptors (Lipinski definition) is 3. The molecular formula is C10H19NO2. The van der Waals surface area contributed by atoms with Gasteiger partial charge in [0, 0.05) is 26.3 Å². The van der Waals surface area contributed by atoms with E-state index in [4.69, 9.17) is 9.47 Å². The maximum Gasteiger partial charge on any atom is 0.0823 e. The molecule has 2 fully saturated rings. The number of ether oxygens (including phenoxy) is 2. The molecule has 0 bridgehead atoms. The standard InChI is InChI=1S/C10H19NO2/c1-2-5-12-9(3-1)4-6-13-10-7-11-8-10/h9-11H,1-8H2. The molecule has 2 rings (SSSR count). The Balaban J connectivity index is 1.50. The quantitative estimate of drug-likeness (QED) is 0.707. The van der Waals surface area contributed by atoms with Crippen molar-refractivity contribution in [3.8, 4) is 0 Å². The van der Waals surface area contributed by atoms with Gasteiger partial charge in [0.05, 0.1) is 12.2 Å². The predicted octanol–water partition coefficient (Wildman–Crippen LogP) is 0.934. The van der Waals surface area contributed by atoms with E-state index >= 15 is 0 Å². The third-order valence-electron chi connectivity index (χ3n) is 2.81. The van der Waals surface area contributed by atoms with Crippen molar-refractivity contribution in [2.45, 2.75) is 37.9 Å². The van der Waals surface area contributed by atoms with E-state index in [1.807, 2.05) is 0 Å². The Bertz CT molecular complexity index is 142. The summed E-state index contributed by atoms with van der Waals surface area (Å²) in [6.45, 7) is 3.89. The van der Waals surface area contributed by atoms with Crippen molar-refractivity contribution in [2.75, 3.05) is 26.3 Å². The van der Waals surface area contributed by atoms with E-state index in [2.05, 4.69) is 5.32 Å². The lowest BCUT2D eigenvalue weighted by Gasteiger charge is -2.28. The summed E-state index contributed by atoms with van der Waals surface area (Å²) in [5.41, 5.74) is 0. The van der Waals surface area contributed by atoms with Crippen LogP contribution in [0.15, 0.2) is 0 Å². The molecule has 0 aliphatic carbocycles. The van der Waals surface area contributed by atoms with Crippen LogP contribution in [-0.2, 0) is 9.47 Å². The Labute approximate surface area is 79.8 Å². The molecule has 1 atom stereocenters. The van der Waals surface area contributed by atoms with Gasteiger partial charge < -0.3 is 14.8 Å². The monoisotopic (exact) mass is 185 g/mol. The highest BCUT2D eigenvalue weighted by atomic mass is 16.5. The molecule has 0 amide bonds. The molecule has 0 aromatic carbocycles. The minimum Gasteiger partial charge on any atom is -0.378 e. The van der Waals surface area contributed by atoms with Crippen molar-refractivity contribution in [1.29, 1.82) is 0 Å². The molecule has 2 aliphatic rings. The van der Waals surface area contributed by atoms with Crippen molar-refractivity contribution in [3.05, 3.63) is 0 Å². The number of nitrogens with one attached hydrogen (secondary N) is 1. The largest absolute Gasteiger partial charge is 0.378 e. The zero-order valence-corrected chi connectivity index (χ0v) is 8.13. The van der Waals surface area contributed by atoms with Gasteiger partial charge in [-0.1, -0.05) is 0 Å². The fraction of sp³-hybridized carbons (Fsp3) is 1.00. The Morgan fingerprint density at radius 2 is 2.23 bits per heavy atom. The SMILES string of the molecule is C1CCC(CCOC2CNC2)OC1. The van der Waals surface area contributed by atoms with Crippen LogP contribution in [0.3, 0.4) is 0 Å². The molecule has 76 valence electrons. The summed E-state index contributed by atoms with van der Waals surface area (Å²) >= 11 is 0. The summed E-state index contributed by atoms with van der Waals surface area (Å²) in [4.78, 5) is 0. The Morgan fingerprint density at radius 3 is 2.85 bits per heavy atom. The van der Waals surface area contributed by atoms with Crippen molar-refractivity contribution in [3.63, 3.8) is 0 Å². The third-order valence-corrected chi connectivity index (χ3v) is 2.81. The van der Waals surface area contributed by atoms with Gasteiger partial charge in [0.25, 0.3) is 0 Å². The van der Waals surface area contributed by atoms with E-state index in [1.54, 1.807) is 0 Å². The van der Waals surface area contributed by atoms with Crippen LogP contribution >= 0.6 is 0 Å². The fourth-order valence-electron chi connectivity index (χ4n) is 1.78. The van der Waals surface area contributed by atoms with Crippen molar-refractivity contribution >= 4 is 0 Å². The average Bonchev–Trinajstić information content (AvgIpc) is 2.11. The van der Waals surface area contributed by atoms with Crippen LogP contribution in [0.5, 0.6) is 0 Å². The zero-order valence-electron chi connectivity index (χ0n) is 8.13. The van der Waals surface area contributed by atoms with Crippen LogP contribution in [0.1, 0.15) is 25.7 Å². The minimum absolute atomic E-state index is 0.474. The van der Waals surface area contributed by atoms with Gasteiger partial charge in [-0.05, 0) is 25.7 Å². The summed E-state index contributed by atoms with van der Waals surface area (Å²) in [5, 5.41) is 3.19.